The van der Waals surface area contributed by atoms with Crippen molar-refractivity contribution in [2.24, 2.45) is 0 Å². The Hall–Kier alpha value is -0.970. The molecular formula is C10H13NO3S. The molecule has 0 unspecified atom stereocenters. The van der Waals surface area contributed by atoms with E-state index in [0.717, 1.165) is 17.0 Å². The van der Waals surface area contributed by atoms with Crippen molar-refractivity contribution in [2.75, 3.05) is 12.4 Å². The average Bonchev–Trinajstić information content (AvgIpc) is 2.14. The van der Waals surface area contributed by atoms with Crippen LogP contribution in [-0.4, -0.2) is 34.5 Å². The summed E-state index contributed by atoms with van der Waals surface area (Å²) in [6.07, 6.45) is 0.642. The highest BCUT2D eigenvalue weighted by molar-refractivity contribution is 8.00. The SMILES string of the molecule is CC(=O)OCC1=C(C)N2C(=O)C[C@H]2SC1. The number of fused-ring (bicyclic) bond motifs is 1. The highest BCUT2D eigenvalue weighted by Gasteiger charge is 2.41. The topological polar surface area (TPSA) is 46.6 Å². The van der Waals surface area contributed by atoms with E-state index < -0.39 is 0 Å². The maximum atomic E-state index is 11.3. The summed E-state index contributed by atoms with van der Waals surface area (Å²) in [5.41, 5.74) is 2.01. The van der Waals surface area contributed by atoms with E-state index in [4.69, 9.17) is 4.74 Å². The van der Waals surface area contributed by atoms with Crippen LogP contribution in [-0.2, 0) is 14.3 Å². The molecule has 0 saturated carbocycles. The molecule has 2 aliphatic heterocycles. The van der Waals surface area contributed by atoms with Crippen LogP contribution in [0.2, 0.25) is 0 Å². The van der Waals surface area contributed by atoms with Crippen LogP contribution < -0.4 is 0 Å². The number of β-lactam (4-membered cyclic amide) rings is 1. The predicted molar refractivity (Wildman–Crippen MR) is 57.0 cm³/mol. The van der Waals surface area contributed by atoms with Crippen LogP contribution in [0, 0.1) is 0 Å². The standard InChI is InChI=1S/C10H13NO3S/c1-6-8(4-14-7(2)12)5-15-10-3-9(13)11(6)10/h10H,3-5H2,1-2H3/t10-/m1/s1. The highest BCUT2D eigenvalue weighted by atomic mass is 32.2. The monoisotopic (exact) mass is 227 g/mol. The van der Waals surface area contributed by atoms with Crippen molar-refractivity contribution >= 4 is 23.6 Å². The minimum absolute atomic E-state index is 0.171. The number of carbonyl (C=O) groups is 2. The van der Waals surface area contributed by atoms with Gasteiger partial charge in [0.05, 0.1) is 11.8 Å². The van der Waals surface area contributed by atoms with Crippen molar-refractivity contribution in [3.8, 4) is 0 Å². The smallest absolute Gasteiger partial charge is 0.302 e. The quantitative estimate of drug-likeness (QED) is 0.524. The molecule has 15 heavy (non-hydrogen) atoms. The van der Waals surface area contributed by atoms with Gasteiger partial charge in [0.1, 0.15) is 6.61 Å². The maximum Gasteiger partial charge on any atom is 0.302 e. The van der Waals surface area contributed by atoms with E-state index in [0.29, 0.717) is 18.4 Å². The second-order valence-corrected chi connectivity index (χ2v) is 4.87. The van der Waals surface area contributed by atoms with E-state index >= 15 is 0 Å². The average molecular weight is 227 g/mol. The Labute approximate surface area is 92.6 Å². The Balaban J connectivity index is 2.06. The molecule has 0 spiro atoms. The first-order valence-corrected chi connectivity index (χ1v) is 5.90. The maximum absolute atomic E-state index is 11.3. The number of amides is 1. The van der Waals surface area contributed by atoms with Gasteiger partial charge in [0, 0.05) is 18.4 Å². The van der Waals surface area contributed by atoms with E-state index in [9.17, 15) is 9.59 Å². The van der Waals surface area contributed by atoms with Gasteiger partial charge in [-0.05, 0) is 12.5 Å². The molecular weight excluding hydrogens is 214 g/mol. The molecule has 0 N–H and O–H groups in total. The molecule has 0 radical (unpaired) electrons. The Kier molecular flexibility index (Phi) is 2.73. The Morgan fingerprint density at radius 1 is 1.67 bits per heavy atom. The van der Waals surface area contributed by atoms with Gasteiger partial charge in [0.15, 0.2) is 0 Å². The molecule has 82 valence electrons. The number of hydrogen-bond acceptors (Lipinski definition) is 4. The van der Waals surface area contributed by atoms with Gasteiger partial charge in [0.2, 0.25) is 5.91 Å². The summed E-state index contributed by atoms with van der Waals surface area (Å²) < 4.78 is 4.95. The molecule has 1 atom stereocenters. The van der Waals surface area contributed by atoms with Crippen molar-refractivity contribution in [1.29, 1.82) is 0 Å². The molecule has 1 amide bonds. The van der Waals surface area contributed by atoms with Crippen LogP contribution in [0.1, 0.15) is 20.3 Å². The van der Waals surface area contributed by atoms with Crippen molar-refractivity contribution in [3.05, 3.63) is 11.3 Å². The van der Waals surface area contributed by atoms with Crippen molar-refractivity contribution < 1.29 is 14.3 Å². The molecule has 4 nitrogen and oxygen atoms in total. The van der Waals surface area contributed by atoms with Gasteiger partial charge in [-0.1, -0.05) is 0 Å². The van der Waals surface area contributed by atoms with Gasteiger partial charge in [0.25, 0.3) is 0 Å². The van der Waals surface area contributed by atoms with Crippen molar-refractivity contribution in [2.45, 2.75) is 25.6 Å². The van der Waals surface area contributed by atoms with Crippen molar-refractivity contribution in [3.63, 3.8) is 0 Å². The second kappa shape index (κ2) is 3.89. The largest absolute Gasteiger partial charge is 0.461 e. The van der Waals surface area contributed by atoms with E-state index in [2.05, 4.69) is 0 Å². The van der Waals surface area contributed by atoms with Crippen LogP contribution in [0.15, 0.2) is 11.3 Å². The summed E-state index contributed by atoms with van der Waals surface area (Å²) in [4.78, 5) is 23.8. The van der Waals surface area contributed by atoms with Gasteiger partial charge < -0.3 is 9.64 Å². The molecule has 1 fully saturated rings. The predicted octanol–water partition coefficient (Wildman–Crippen LogP) is 1.13. The lowest BCUT2D eigenvalue weighted by Gasteiger charge is -2.44. The summed E-state index contributed by atoms with van der Waals surface area (Å²) in [7, 11) is 0. The number of hydrogen-bond donors (Lipinski definition) is 0. The molecule has 1 saturated heterocycles. The number of rotatable bonds is 2. The van der Waals surface area contributed by atoms with Crippen LogP contribution in [0.4, 0.5) is 0 Å². The van der Waals surface area contributed by atoms with Crippen molar-refractivity contribution in [1.82, 2.24) is 4.90 Å². The number of allylic oxidation sites excluding steroid dienone is 1. The zero-order valence-corrected chi connectivity index (χ0v) is 9.60. The zero-order valence-electron chi connectivity index (χ0n) is 8.78. The first-order valence-electron chi connectivity index (χ1n) is 4.85. The molecule has 5 heteroatoms. The van der Waals surface area contributed by atoms with E-state index in [1.807, 2.05) is 6.92 Å². The molecule has 2 rings (SSSR count). The molecule has 2 aliphatic rings. The van der Waals surface area contributed by atoms with E-state index in [1.54, 1.807) is 16.7 Å². The highest BCUT2D eigenvalue weighted by Crippen LogP contribution is 2.39. The van der Waals surface area contributed by atoms with Gasteiger partial charge in [-0.15, -0.1) is 11.8 Å². The van der Waals surface area contributed by atoms with Crippen LogP contribution in [0.3, 0.4) is 0 Å². The van der Waals surface area contributed by atoms with Gasteiger partial charge in [-0.3, -0.25) is 9.59 Å². The summed E-state index contributed by atoms with van der Waals surface area (Å²) in [5.74, 6) is 0.746. The first-order chi connectivity index (χ1) is 7.09. The van der Waals surface area contributed by atoms with Crippen LogP contribution in [0.25, 0.3) is 0 Å². The van der Waals surface area contributed by atoms with Crippen LogP contribution in [0.5, 0.6) is 0 Å². The van der Waals surface area contributed by atoms with Gasteiger partial charge in [-0.2, -0.15) is 0 Å². The molecule has 0 aromatic rings. The summed E-state index contributed by atoms with van der Waals surface area (Å²) in [6, 6.07) is 0. The normalized spacial score (nSPS) is 24.8. The van der Waals surface area contributed by atoms with Crippen LogP contribution >= 0.6 is 11.8 Å². The first kappa shape index (κ1) is 10.5. The fourth-order valence-electron chi connectivity index (χ4n) is 1.73. The third-order valence-electron chi connectivity index (χ3n) is 2.68. The Bertz CT molecular complexity index is 351. The number of esters is 1. The lowest BCUT2D eigenvalue weighted by atomic mass is 10.1. The molecule has 2 heterocycles. The second-order valence-electron chi connectivity index (χ2n) is 3.70. The molecule has 0 aromatic carbocycles. The van der Waals surface area contributed by atoms with E-state index in [-0.39, 0.29) is 11.9 Å². The summed E-state index contributed by atoms with van der Waals surface area (Å²) in [5, 5.41) is 0.318. The van der Waals surface area contributed by atoms with E-state index in [1.165, 1.54) is 6.92 Å². The fraction of sp³-hybridized carbons (Fsp3) is 0.600. The number of nitrogens with zero attached hydrogens (tertiary/aromatic N) is 1. The molecule has 0 aliphatic carbocycles. The van der Waals surface area contributed by atoms with Gasteiger partial charge >= 0.3 is 5.97 Å². The lowest BCUT2D eigenvalue weighted by Crippen LogP contribution is -2.51. The fourth-order valence-corrected chi connectivity index (χ4v) is 3.10. The third kappa shape index (κ3) is 1.88. The Morgan fingerprint density at radius 3 is 3.00 bits per heavy atom. The number of thioether (sulfide) groups is 1. The molecule has 0 aromatic heterocycles. The Morgan fingerprint density at radius 2 is 2.40 bits per heavy atom. The summed E-state index contributed by atoms with van der Waals surface area (Å²) >= 11 is 1.74. The molecule has 0 bridgehead atoms. The van der Waals surface area contributed by atoms with Gasteiger partial charge in [-0.25, -0.2) is 0 Å². The number of carbonyl (C=O) groups excluding carboxylic acids is 2. The lowest BCUT2D eigenvalue weighted by molar-refractivity contribution is -0.140. The number of ether oxygens (including phenoxy) is 1. The summed E-state index contributed by atoms with van der Waals surface area (Å²) in [6.45, 7) is 3.62. The third-order valence-corrected chi connectivity index (χ3v) is 3.96. The minimum atomic E-state index is -0.280. The minimum Gasteiger partial charge on any atom is -0.461 e. The zero-order chi connectivity index (χ0) is 11.0.